The number of benzene rings is 2. The maximum absolute atomic E-state index is 12.4. The first-order valence-corrected chi connectivity index (χ1v) is 16.1. The van der Waals surface area contributed by atoms with Gasteiger partial charge in [-0.1, -0.05) is 24.3 Å². The lowest BCUT2D eigenvalue weighted by Gasteiger charge is -2.27. The fourth-order valence-electron chi connectivity index (χ4n) is 5.02. The summed E-state index contributed by atoms with van der Waals surface area (Å²) in [5.74, 6) is -1.71. The van der Waals surface area contributed by atoms with Crippen LogP contribution >= 0.6 is 0 Å². The Morgan fingerprint density at radius 1 is 0.824 bits per heavy atom. The number of ether oxygens (including phenoxy) is 4. The molecule has 282 valence electrons. The number of nitrogens with two attached hydrogens (primary N) is 2. The van der Waals surface area contributed by atoms with E-state index in [2.05, 4.69) is 10.1 Å². The molecule has 16 nitrogen and oxygen atoms in total. The van der Waals surface area contributed by atoms with Crippen LogP contribution in [-0.4, -0.2) is 102 Å². The number of esters is 2. The summed E-state index contributed by atoms with van der Waals surface area (Å²) >= 11 is 0. The van der Waals surface area contributed by atoms with Gasteiger partial charge in [-0.05, 0) is 66.2 Å². The molecule has 2 heterocycles. The Morgan fingerprint density at radius 2 is 1.29 bits per heavy atom. The smallest absolute Gasteiger partial charge is 0.411 e. The van der Waals surface area contributed by atoms with E-state index in [1.165, 1.54) is 36.2 Å². The van der Waals surface area contributed by atoms with E-state index in [-0.39, 0.29) is 12.1 Å². The van der Waals surface area contributed by atoms with E-state index in [9.17, 15) is 33.7 Å². The quantitative estimate of drug-likeness (QED) is 0.128. The molecule has 0 aromatic heterocycles. The molecule has 0 aliphatic carbocycles. The predicted octanol–water partition coefficient (Wildman–Crippen LogP) is 4.46. The number of nitrogen functional groups attached to an aromatic ring is 1. The van der Waals surface area contributed by atoms with E-state index in [0.717, 1.165) is 17.8 Å². The van der Waals surface area contributed by atoms with Gasteiger partial charge in [0.25, 0.3) is 0 Å². The molecular formula is C34H49FN6O10. The molecule has 2 saturated heterocycles. The summed E-state index contributed by atoms with van der Waals surface area (Å²) in [6, 6.07) is 10.7. The van der Waals surface area contributed by atoms with Gasteiger partial charge < -0.3 is 35.7 Å². The Balaban J connectivity index is 0.000000289. The highest BCUT2D eigenvalue weighted by molar-refractivity contribution is 5.83. The Morgan fingerprint density at radius 3 is 1.75 bits per heavy atom. The lowest BCUT2D eigenvalue weighted by Crippen LogP contribution is -2.44. The molecule has 2 aromatic carbocycles. The average Bonchev–Trinajstić information content (AvgIpc) is 3.64. The number of nitro groups is 1. The standard InChI is InChI=1S/C17H25N3O4.C11H20N2O4.C6H4FNO2/c1-17(2,3)24-16(22)20-10-11(9-14(20)15(21)23-4)19-13-8-6-5-7-12(13)18;1-11(2,3)17-10(15)13-6-7(12)5-8(13)9(14)16-4;7-5-3-1-2-4-6(5)8(9)10/h5-8,11,14,19H,9-10,18H2,1-4H3;7-8H,5-6,12H2,1-4H3;1-4H/t11?,14-;7-,8+;/m01./s1. The summed E-state index contributed by atoms with van der Waals surface area (Å²) in [4.78, 5) is 59.8. The summed E-state index contributed by atoms with van der Waals surface area (Å²) in [7, 11) is 2.60. The van der Waals surface area contributed by atoms with Crippen LogP contribution < -0.4 is 16.8 Å². The van der Waals surface area contributed by atoms with Crippen molar-refractivity contribution in [3.63, 3.8) is 0 Å². The molecule has 17 heteroatoms. The number of carbonyl (C=O) groups excluding carboxylic acids is 4. The van der Waals surface area contributed by atoms with Crippen LogP contribution in [0.3, 0.4) is 0 Å². The van der Waals surface area contributed by atoms with Gasteiger partial charge in [0.1, 0.15) is 23.3 Å². The fourth-order valence-corrected chi connectivity index (χ4v) is 5.02. The van der Waals surface area contributed by atoms with Crippen LogP contribution in [0.25, 0.3) is 0 Å². The molecule has 4 atom stereocenters. The number of nitrogens with zero attached hydrogens (tertiary/aromatic N) is 3. The van der Waals surface area contributed by atoms with Crippen LogP contribution in [0.15, 0.2) is 48.5 Å². The van der Waals surface area contributed by atoms with E-state index in [0.29, 0.717) is 31.6 Å². The molecule has 0 spiro atoms. The average molecular weight is 721 g/mol. The van der Waals surface area contributed by atoms with Crippen LogP contribution in [0.2, 0.25) is 0 Å². The van der Waals surface area contributed by atoms with Gasteiger partial charge in [0.2, 0.25) is 5.82 Å². The van der Waals surface area contributed by atoms with Gasteiger partial charge in [-0.2, -0.15) is 4.39 Å². The molecule has 4 rings (SSSR count). The molecule has 1 unspecified atom stereocenters. The predicted molar refractivity (Wildman–Crippen MR) is 186 cm³/mol. The van der Waals surface area contributed by atoms with Gasteiger partial charge in [-0.25, -0.2) is 19.2 Å². The third-order valence-corrected chi connectivity index (χ3v) is 7.21. The van der Waals surface area contributed by atoms with E-state index in [1.54, 1.807) is 47.6 Å². The van der Waals surface area contributed by atoms with Gasteiger partial charge in [-0.15, -0.1) is 0 Å². The second-order valence-corrected chi connectivity index (χ2v) is 13.7. The third-order valence-electron chi connectivity index (χ3n) is 7.21. The van der Waals surface area contributed by atoms with Gasteiger partial charge >= 0.3 is 29.8 Å². The highest BCUT2D eigenvalue weighted by atomic mass is 19.1. The van der Waals surface area contributed by atoms with Crippen molar-refractivity contribution in [3.05, 3.63) is 64.5 Å². The summed E-state index contributed by atoms with van der Waals surface area (Å²) < 4.78 is 32.5. The number of carbonyl (C=O) groups is 4. The number of rotatable bonds is 5. The van der Waals surface area contributed by atoms with E-state index in [1.807, 2.05) is 18.2 Å². The summed E-state index contributed by atoms with van der Waals surface area (Å²) in [5.41, 5.74) is 11.4. The monoisotopic (exact) mass is 720 g/mol. The molecule has 2 amide bonds. The largest absolute Gasteiger partial charge is 0.467 e. The van der Waals surface area contributed by atoms with E-state index < -0.39 is 63.8 Å². The highest BCUT2D eigenvalue weighted by Crippen LogP contribution is 2.27. The van der Waals surface area contributed by atoms with Crippen LogP contribution in [0.1, 0.15) is 54.4 Å². The minimum Gasteiger partial charge on any atom is -0.467 e. The second kappa shape index (κ2) is 18.2. The number of anilines is 2. The number of nitrogens with one attached hydrogen (secondary N) is 1. The first-order valence-electron chi connectivity index (χ1n) is 16.1. The summed E-state index contributed by atoms with van der Waals surface area (Å²) in [6.45, 7) is 11.3. The summed E-state index contributed by atoms with van der Waals surface area (Å²) in [5, 5.41) is 13.3. The van der Waals surface area contributed by atoms with Crippen molar-refractivity contribution in [3.8, 4) is 0 Å². The molecule has 0 saturated carbocycles. The van der Waals surface area contributed by atoms with Crippen molar-refractivity contribution >= 4 is 41.2 Å². The van der Waals surface area contributed by atoms with Crippen molar-refractivity contribution in [2.45, 2.75) is 89.8 Å². The van der Waals surface area contributed by atoms with E-state index in [4.69, 9.17) is 25.7 Å². The van der Waals surface area contributed by atoms with Gasteiger partial charge in [0.05, 0.1) is 30.5 Å². The zero-order valence-corrected chi connectivity index (χ0v) is 30.2. The molecule has 0 bridgehead atoms. The number of nitro benzene ring substituents is 1. The number of amides is 2. The molecular weight excluding hydrogens is 671 g/mol. The maximum atomic E-state index is 12.4. The highest BCUT2D eigenvalue weighted by Gasteiger charge is 2.43. The lowest BCUT2D eigenvalue weighted by atomic mass is 10.1. The van der Waals surface area contributed by atoms with Crippen molar-refractivity contribution < 1.29 is 47.4 Å². The van der Waals surface area contributed by atoms with Crippen molar-refractivity contribution in [2.75, 3.05) is 38.4 Å². The molecule has 5 N–H and O–H groups in total. The normalized spacial score (nSPS) is 19.7. The lowest BCUT2D eigenvalue weighted by molar-refractivity contribution is -0.387. The molecule has 2 aromatic rings. The minimum absolute atomic E-state index is 0.119. The van der Waals surface area contributed by atoms with Crippen LogP contribution in [0.5, 0.6) is 0 Å². The number of methoxy groups -OCH3 is 2. The van der Waals surface area contributed by atoms with Crippen LogP contribution in [0.4, 0.5) is 31.0 Å². The zero-order valence-electron chi connectivity index (χ0n) is 30.2. The fraction of sp³-hybridized carbons (Fsp3) is 0.529. The minimum atomic E-state index is -0.799. The molecule has 2 aliphatic rings. The van der Waals surface area contributed by atoms with Gasteiger partial charge in [0, 0.05) is 37.7 Å². The molecule has 2 fully saturated rings. The summed E-state index contributed by atoms with van der Waals surface area (Å²) in [6.07, 6.45) is -0.212. The van der Waals surface area contributed by atoms with E-state index >= 15 is 0 Å². The Kier molecular flexibility index (Phi) is 15.0. The first kappa shape index (κ1) is 42.0. The van der Waals surface area contributed by atoms with Gasteiger partial charge in [0.15, 0.2) is 0 Å². The number of hydrogen-bond acceptors (Lipinski definition) is 13. The van der Waals surface area contributed by atoms with Crippen LogP contribution in [-0.2, 0) is 28.5 Å². The van der Waals surface area contributed by atoms with Crippen molar-refractivity contribution in [1.29, 1.82) is 0 Å². The number of hydrogen-bond donors (Lipinski definition) is 3. The van der Waals surface area contributed by atoms with Crippen LogP contribution in [0, 0.1) is 15.9 Å². The molecule has 0 radical (unpaired) electrons. The Labute approximate surface area is 296 Å². The zero-order chi connectivity index (χ0) is 38.7. The second-order valence-electron chi connectivity index (χ2n) is 13.7. The van der Waals surface area contributed by atoms with Gasteiger partial charge in [-0.3, -0.25) is 19.9 Å². The maximum Gasteiger partial charge on any atom is 0.411 e. The molecule has 51 heavy (non-hydrogen) atoms. The number of halogens is 1. The number of likely N-dealkylation sites (tertiary alicyclic amines) is 2. The van der Waals surface area contributed by atoms with Crippen molar-refractivity contribution in [1.82, 2.24) is 9.80 Å². The third kappa shape index (κ3) is 13.2. The molecule has 2 aliphatic heterocycles. The SMILES string of the molecule is COC(=O)[C@@H]1CC(Nc2ccccc2N)CN1C(=O)OC(C)(C)C.COC(=O)[C@@H]1C[C@@H](N)CN1C(=O)OC(C)(C)C.O=[N+]([O-])c1ccccc1F. The Hall–Kier alpha value is -5.19. The van der Waals surface area contributed by atoms with Crippen molar-refractivity contribution in [2.24, 2.45) is 5.73 Å². The number of para-hydroxylation sites is 3. The Bertz CT molecular complexity index is 1530. The first-order chi connectivity index (χ1) is 23.7. The topological polar surface area (TPSA) is 219 Å².